The van der Waals surface area contributed by atoms with E-state index in [-0.39, 0.29) is 6.61 Å². The molecule has 0 aliphatic heterocycles. The van der Waals surface area contributed by atoms with Crippen LogP contribution in [0.4, 0.5) is 0 Å². The van der Waals surface area contributed by atoms with Crippen molar-refractivity contribution in [1.29, 1.82) is 0 Å². The summed E-state index contributed by atoms with van der Waals surface area (Å²) in [6.45, 7) is 2.51. The van der Waals surface area contributed by atoms with Gasteiger partial charge in [0.05, 0.1) is 0 Å². The van der Waals surface area contributed by atoms with E-state index in [1.807, 2.05) is 0 Å². The van der Waals surface area contributed by atoms with Gasteiger partial charge in [-0.05, 0) is 19.3 Å². The van der Waals surface area contributed by atoms with Gasteiger partial charge in [0, 0.05) is 6.61 Å². The minimum absolute atomic E-state index is 0.283. The summed E-state index contributed by atoms with van der Waals surface area (Å²) in [5.74, 6) is 0. The van der Waals surface area contributed by atoms with E-state index in [1.165, 1.54) is 32.1 Å². The number of hydrogen-bond acceptors (Lipinski definition) is 1. The van der Waals surface area contributed by atoms with Crippen LogP contribution in [0.2, 0.25) is 0 Å². The molecule has 0 aliphatic rings. The average molecular weight is 156 g/mol. The van der Waals surface area contributed by atoms with Crippen LogP contribution in [0.3, 0.4) is 0 Å². The molecule has 0 saturated carbocycles. The number of aliphatic hydroxyl groups is 1. The van der Waals surface area contributed by atoms with Crippen LogP contribution in [0.5, 0.6) is 0 Å². The van der Waals surface area contributed by atoms with Crippen LogP contribution < -0.4 is 0 Å². The Kier molecular flexibility index (Phi) is 9.44. The fourth-order valence-corrected chi connectivity index (χ4v) is 0.999. The van der Waals surface area contributed by atoms with Crippen molar-refractivity contribution in [1.82, 2.24) is 0 Å². The zero-order chi connectivity index (χ0) is 8.36. The van der Waals surface area contributed by atoms with E-state index in [4.69, 9.17) is 5.11 Å². The van der Waals surface area contributed by atoms with Crippen LogP contribution in [0.15, 0.2) is 12.2 Å². The minimum atomic E-state index is 0.283. The predicted octanol–water partition coefficient (Wildman–Crippen LogP) is 2.90. The van der Waals surface area contributed by atoms with Gasteiger partial charge in [-0.15, -0.1) is 0 Å². The Hall–Kier alpha value is -0.300. The lowest BCUT2D eigenvalue weighted by molar-refractivity contribution is 0.302. The van der Waals surface area contributed by atoms with Crippen LogP contribution in [-0.2, 0) is 0 Å². The Morgan fingerprint density at radius 1 is 1.00 bits per heavy atom. The van der Waals surface area contributed by atoms with Crippen molar-refractivity contribution in [3.63, 3.8) is 0 Å². The van der Waals surface area contributed by atoms with Gasteiger partial charge in [-0.25, -0.2) is 0 Å². The molecule has 1 nitrogen and oxygen atoms in total. The van der Waals surface area contributed by atoms with Gasteiger partial charge in [0.25, 0.3) is 0 Å². The third-order valence-electron chi connectivity index (χ3n) is 1.69. The van der Waals surface area contributed by atoms with Gasteiger partial charge in [0.15, 0.2) is 0 Å². The Morgan fingerprint density at radius 3 is 2.36 bits per heavy atom. The second kappa shape index (κ2) is 9.70. The molecular formula is C10H20O. The number of allylic oxidation sites excluding steroid dienone is 1. The topological polar surface area (TPSA) is 20.2 Å². The summed E-state index contributed by atoms with van der Waals surface area (Å²) in [4.78, 5) is 0. The maximum atomic E-state index is 8.46. The number of unbranched alkanes of at least 4 members (excludes halogenated alkanes) is 4. The maximum absolute atomic E-state index is 8.46. The molecule has 11 heavy (non-hydrogen) atoms. The minimum Gasteiger partial charge on any atom is -0.396 e. The van der Waals surface area contributed by atoms with Crippen molar-refractivity contribution >= 4 is 0 Å². The van der Waals surface area contributed by atoms with Crippen LogP contribution in [0, 0.1) is 0 Å². The maximum Gasteiger partial charge on any atom is 0.0465 e. The monoisotopic (exact) mass is 156 g/mol. The fourth-order valence-electron chi connectivity index (χ4n) is 0.999. The molecule has 0 fully saturated rings. The molecule has 0 amide bonds. The summed E-state index contributed by atoms with van der Waals surface area (Å²) < 4.78 is 0. The predicted molar refractivity (Wildman–Crippen MR) is 49.6 cm³/mol. The summed E-state index contributed by atoms with van der Waals surface area (Å²) in [5.41, 5.74) is 0. The summed E-state index contributed by atoms with van der Waals surface area (Å²) in [6.07, 6.45) is 11.5. The SMILES string of the molecule is CCCCCC/C=C\CCO. The highest BCUT2D eigenvalue weighted by Crippen LogP contribution is 2.02. The van der Waals surface area contributed by atoms with Gasteiger partial charge in [-0.2, -0.15) is 0 Å². The Labute approximate surface area is 70.1 Å². The lowest BCUT2D eigenvalue weighted by Gasteiger charge is -1.93. The highest BCUT2D eigenvalue weighted by Gasteiger charge is 1.83. The first-order chi connectivity index (χ1) is 5.41. The molecule has 0 radical (unpaired) electrons. The largest absolute Gasteiger partial charge is 0.396 e. The number of rotatable bonds is 7. The van der Waals surface area contributed by atoms with Gasteiger partial charge in [0.1, 0.15) is 0 Å². The fraction of sp³-hybridized carbons (Fsp3) is 0.800. The van der Waals surface area contributed by atoms with Gasteiger partial charge in [-0.1, -0.05) is 38.3 Å². The molecule has 0 rings (SSSR count). The molecule has 0 atom stereocenters. The number of hydrogen-bond donors (Lipinski definition) is 1. The van der Waals surface area contributed by atoms with E-state index in [9.17, 15) is 0 Å². The first-order valence-corrected chi connectivity index (χ1v) is 4.67. The van der Waals surface area contributed by atoms with E-state index >= 15 is 0 Å². The smallest absolute Gasteiger partial charge is 0.0465 e. The van der Waals surface area contributed by atoms with E-state index in [0.29, 0.717) is 0 Å². The third-order valence-corrected chi connectivity index (χ3v) is 1.69. The first kappa shape index (κ1) is 10.7. The molecule has 0 aliphatic carbocycles. The average Bonchev–Trinajstić information content (AvgIpc) is 2.03. The highest BCUT2D eigenvalue weighted by atomic mass is 16.2. The molecule has 0 spiro atoms. The summed E-state index contributed by atoms with van der Waals surface area (Å²) in [5, 5.41) is 8.46. The normalized spacial score (nSPS) is 11.1. The van der Waals surface area contributed by atoms with Crippen LogP contribution >= 0.6 is 0 Å². The van der Waals surface area contributed by atoms with E-state index in [1.54, 1.807) is 0 Å². The number of aliphatic hydroxyl groups excluding tert-OH is 1. The standard InChI is InChI=1S/C10H20O/c1-2-3-4-5-6-7-8-9-10-11/h7-8,11H,2-6,9-10H2,1H3/b8-7-. The lowest BCUT2D eigenvalue weighted by Crippen LogP contribution is -1.76. The molecule has 0 bridgehead atoms. The Balaban J connectivity index is 2.89. The van der Waals surface area contributed by atoms with Crippen LogP contribution in [-0.4, -0.2) is 11.7 Å². The Bertz CT molecular complexity index is 86.9. The lowest BCUT2D eigenvalue weighted by atomic mass is 10.1. The quantitative estimate of drug-likeness (QED) is 0.444. The van der Waals surface area contributed by atoms with Crippen molar-refractivity contribution in [2.24, 2.45) is 0 Å². The van der Waals surface area contributed by atoms with Crippen molar-refractivity contribution in [3.05, 3.63) is 12.2 Å². The van der Waals surface area contributed by atoms with Gasteiger partial charge in [0.2, 0.25) is 0 Å². The van der Waals surface area contributed by atoms with Crippen molar-refractivity contribution < 1.29 is 5.11 Å². The van der Waals surface area contributed by atoms with Gasteiger partial charge in [-0.3, -0.25) is 0 Å². The van der Waals surface area contributed by atoms with Crippen LogP contribution in [0.25, 0.3) is 0 Å². The molecule has 0 aromatic rings. The second-order valence-electron chi connectivity index (χ2n) is 2.83. The molecule has 66 valence electrons. The summed E-state index contributed by atoms with van der Waals surface area (Å²) >= 11 is 0. The second-order valence-corrected chi connectivity index (χ2v) is 2.83. The summed E-state index contributed by atoms with van der Waals surface area (Å²) in [7, 11) is 0. The molecule has 0 aromatic carbocycles. The van der Waals surface area contributed by atoms with Crippen molar-refractivity contribution in [2.45, 2.75) is 45.4 Å². The Morgan fingerprint density at radius 2 is 1.73 bits per heavy atom. The molecule has 1 heteroatoms. The van der Waals surface area contributed by atoms with E-state index in [2.05, 4.69) is 19.1 Å². The molecule has 1 N–H and O–H groups in total. The zero-order valence-corrected chi connectivity index (χ0v) is 7.55. The molecule has 0 heterocycles. The zero-order valence-electron chi connectivity index (χ0n) is 7.55. The molecule has 0 unspecified atom stereocenters. The molecule has 0 saturated heterocycles. The first-order valence-electron chi connectivity index (χ1n) is 4.67. The summed E-state index contributed by atoms with van der Waals surface area (Å²) in [6, 6.07) is 0. The van der Waals surface area contributed by atoms with Gasteiger partial charge < -0.3 is 5.11 Å². The van der Waals surface area contributed by atoms with Crippen molar-refractivity contribution in [3.8, 4) is 0 Å². The van der Waals surface area contributed by atoms with Gasteiger partial charge >= 0.3 is 0 Å². The third kappa shape index (κ3) is 9.70. The van der Waals surface area contributed by atoms with E-state index < -0.39 is 0 Å². The molecule has 0 aromatic heterocycles. The van der Waals surface area contributed by atoms with Crippen molar-refractivity contribution in [2.75, 3.05) is 6.61 Å². The molecular weight excluding hydrogens is 136 g/mol. The van der Waals surface area contributed by atoms with E-state index in [0.717, 1.165) is 6.42 Å². The highest BCUT2D eigenvalue weighted by molar-refractivity contribution is 4.80. The van der Waals surface area contributed by atoms with Crippen LogP contribution in [0.1, 0.15) is 45.4 Å².